The molecular formula is C14H21NO2. The zero-order valence-electron chi connectivity index (χ0n) is 11.0. The Labute approximate surface area is 103 Å². The highest BCUT2D eigenvalue weighted by atomic mass is 16.5. The van der Waals surface area contributed by atoms with E-state index >= 15 is 0 Å². The second-order valence-electron chi connectivity index (χ2n) is 4.46. The zero-order valence-corrected chi connectivity index (χ0v) is 11.0. The number of carbonyl (C=O) groups is 1. The van der Waals surface area contributed by atoms with Crippen LogP contribution in [-0.4, -0.2) is 25.5 Å². The Balaban J connectivity index is 2.63. The van der Waals surface area contributed by atoms with E-state index in [1.165, 1.54) is 0 Å². The van der Waals surface area contributed by atoms with Gasteiger partial charge in [0.2, 0.25) is 0 Å². The second kappa shape index (κ2) is 6.40. The summed E-state index contributed by atoms with van der Waals surface area (Å²) in [7, 11) is 1.63. The van der Waals surface area contributed by atoms with Gasteiger partial charge in [0, 0.05) is 24.6 Å². The minimum Gasteiger partial charge on any atom is -0.497 e. The van der Waals surface area contributed by atoms with Gasteiger partial charge in [0.1, 0.15) is 5.75 Å². The van der Waals surface area contributed by atoms with Crippen molar-refractivity contribution >= 4 is 5.78 Å². The zero-order chi connectivity index (χ0) is 12.8. The Hall–Kier alpha value is -1.35. The van der Waals surface area contributed by atoms with E-state index in [1.54, 1.807) is 7.11 Å². The van der Waals surface area contributed by atoms with Crippen molar-refractivity contribution in [3.63, 3.8) is 0 Å². The van der Waals surface area contributed by atoms with Crippen LogP contribution < -0.4 is 10.1 Å². The Kier molecular flexibility index (Phi) is 5.16. The largest absolute Gasteiger partial charge is 0.497 e. The van der Waals surface area contributed by atoms with Crippen LogP contribution in [0, 0.1) is 6.92 Å². The number of ether oxygens (including phenoxy) is 1. The molecule has 0 aromatic heterocycles. The Morgan fingerprint density at radius 2 is 2.12 bits per heavy atom. The normalized spacial score (nSPS) is 10.6. The van der Waals surface area contributed by atoms with E-state index < -0.39 is 0 Å². The summed E-state index contributed by atoms with van der Waals surface area (Å²) in [5.74, 6) is 0.970. The molecule has 1 aromatic carbocycles. The Morgan fingerprint density at radius 3 is 2.65 bits per heavy atom. The first kappa shape index (κ1) is 13.7. The summed E-state index contributed by atoms with van der Waals surface area (Å²) in [5, 5.41) is 3.24. The van der Waals surface area contributed by atoms with Crippen molar-refractivity contribution in [1.82, 2.24) is 5.32 Å². The van der Waals surface area contributed by atoms with Crippen LogP contribution in [0.5, 0.6) is 5.75 Å². The lowest BCUT2D eigenvalue weighted by molar-refractivity contribution is 0.0981. The predicted molar refractivity (Wildman–Crippen MR) is 69.8 cm³/mol. The minimum atomic E-state index is 0.179. The first-order chi connectivity index (χ1) is 8.04. The van der Waals surface area contributed by atoms with Crippen LogP contribution in [0.25, 0.3) is 0 Å². The van der Waals surface area contributed by atoms with Gasteiger partial charge in [-0.05, 0) is 30.7 Å². The summed E-state index contributed by atoms with van der Waals surface area (Å²) in [6.45, 7) is 6.81. The predicted octanol–water partition coefficient (Wildman–Crippen LogP) is 2.57. The average Bonchev–Trinajstić information content (AvgIpc) is 2.28. The second-order valence-corrected chi connectivity index (χ2v) is 4.46. The molecule has 0 heterocycles. The SMILES string of the molecule is COc1ccc(C(=O)CCNC(C)C)c(C)c1. The average molecular weight is 235 g/mol. The highest BCUT2D eigenvalue weighted by Gasteiger charge is 2.09. The number of nitrogens with one attached hydrogen (secondary N) is 1. The van der Waals surface area contributed by atoms with Crippen molar-refractivity contribution in [2.45, 2.75) is 33.2 Å². The number of aryl methyl sites for hydroxylation is 1. The molecule has 0 aliphatic rings. The number of ketones is 1. The molecule has 0 unspecified atom stereocenters. The molecule has 0 aliphatic heterocycles. The highest BCUT2D eigenvalue weighted by molar-refractivity contribution is 5.97. The van der Waals surface area contributed by atoms with Crippen LogP contribution in [0.1, 0.15) is 36.2 Å². The number of methoxy groups -OCH3 is 1. The number of rotatable bonds is 6. The summed E-state index contributed by atoms with van der Waals surface area (Å²) >= 11 is 0. The summed E-state index contributed by atoms with van der Waals surface area (Å²) in [6, 6.07) is 5.98. The van der Waals surface area contributed by atoms with E-state index in [2.05, 4.69) is 19.2 Å². The van der Waals surface area contributed by atoms with Crippen molar-refractivity contribution in [2.75, 3.05) is 13.7 Å². The molecule has 0 fully saturated rings. The molecule has 1 aromatic rings. The van der Waals surface area contributed by atoms with Gasteiger partial charge in [-0.2, -0.15) is 0 Å². The third kappa shape index (κ3) is 4.19. The summed E-state index contributed by atoms with van der Waals surface area (Å²) in [6.07, 6.45) is 0.533. The number of Topliss-reactive ketones (excluding diaryl/α,β-unsaturated/α-hetero) is 1. The molecule has 0 bridgehead atoms. The van der Waals surface area contributed by atoms with E-state index in [0.29, 0.717) is 12.5 Å². The lowest BCUT2D eigenvalue weighted by Crippen LogP contribution is -2.25. The van der Waals surface area contributed by atoms with Crippen LogP contribution in [0.3, 0.4) is 0 Å². The van der Waals surface area contributed by atoms with Gasteiger partial charge >= 0.3 is 0 Å². The molecular weight excluding hydrogens is 214 g/mol. The molecule has 3 heteroatoms. The molecule has 3 nitrogen and oxygen atoms in total. The van der Waals surface area contributed by atoms with Crippen LogP contribution in [0.4, 0.5) is 0 Å². The smallest absolute Gasteiger partial charge is 0.164 e. The molecule has 1 rings (SSSR count). The fourth-order valence-electron chi connectivity index (χ4n) is 1.69. The number of benzene rings is 1. The van der Waals surface area contributed by atoms with E-state index in [-0.39, 0.29) is 5.78 Å². The van der Waals surface area contributed by atoms with Crippen LogP contribution in [-0.2, 0) is 0 Å². The first-order valence-electron chi connectivity index (χ1n) is 5.96. The fourth-order valence-corrected chi connectivity index (χ4v) is 1.69. The van der Waals surface area contributed by atoms with Gasteiger partial charge in [-0.25, -0.2) is 0 Å². The van der Waals surface area contributed by atoms with Crippen molar-refractivity contribution in [1.29, 1.82) is 0 Å². The Bertz CT molecular complexity index is 386. The molecule has 17 heavy (non-hydrogen) atoms. The molecule has 0 saturated carbocycles. The molecule has 0 aliphatic carbocycles. The monoisotopic (exact) mass is 235 g/mol. The van der Waals surface area contributed by atoms with Gasteiger partial charge in [-0.15, -0.1) is 0 Å². The van der Waals surface area contributed by atoms with E-state index in [9.17, 15) is 4.79 Å². The number of carbonyl (C=O) groups excluding carboxylic acids is 1. The van der Waals surface area contributed by atoms with Gasteiger partial charge in [0.15, 0.2) is 5.78 Å². The lowest BCUT2D eigenvalue weighted by atomic mass is 10.0. The van der Waals surface area contributed by atoms with Crippen molar-refractivity contribution in [2.24, 2.45) is 0 Å². The molecule has 1 N–H and O–H groups in total. The molecule has 94 valence electrons. The third-order valence-corrected chi connectivity index (χ3v) is 2.64. The van der Waals surface area contributed by atoms with Gasteiger partial charge < -0.3 is 10.1 Å². The van der Waals surface area contributed by atoms with Crippen molar-refractivity contribution in [3.8, 4) is 5.75 Å². The minimum absolute atomic E-state index is 0.179. The maximum Gasteiger partial charge on any atom is 0.164 e. The lowest BCUT2D eigenvalue weighted by Gasteiger charge is -2.09. The maximum atomic E-state index is 12.0. The molecule has 0 amide bonds. The van der Waals surface area contributed by atoms with E-state index in [1.807, 2.05) is 25.1 Å². The first-order valence-corrected chi connectivity index (χ1v) is 5.96. The van der Waals surface area contributed by atoms with Crippen LogP contribution in [0.15, 0.2) is 18.2 Å². The molecule has 0 atom stereocenters. The summed E-state index contributed by atoms with van der Waals surface area (Å²) < 4.78 is 5.12. The van der Waals surface area contributed by atoms with Crippen LogP contribution >= 0.6 is 0 Å². The van der Waals surface area contributed by atoms with E-state index in [4.69, 9.17) is 4.74 Å². The van der Waals surface area contributed by atoms with Gasteiger partial charge in [-0.1, -0.05) is 13.8 Å². The molecule has 0 saturated heterocycles. The van der Waals surface area contributed by atoms with Gasteiger partial charge in [-0.3, -0.25) is 4.79 Å². The standard InChI is InChI=1S/C14H21NO2/c1-10(2)15-8-7-14(16)13-6-5-12(17-4)9-11(13)3/h5-6,9-10,15H,7-8H2,1-4H3. The van der Waals surface area contributed by atoms with E-state index in [0.717, 1.165) is 23.4 Å². The van der Waals surface area contributed by atoms with Crippen molar-refractivity contribution in [3.05, 3.63) is 29.3 Å². The quantitative estimate of drug-likeness (QED) is 0.770. The topological polar surface area (TPSA) is 38.3 Å². The molecule has 0 spiro atoms. The Morgan fingerprint density at radius 1 is 1.41 bits per heavy atom. The van der Waals surface area contributed by atoms with Crippen molar-refractivity contribution < 1.29 is 9.53 Å². The summed E-state index contributed by atoms with van der Waals surface area (Å²) in [4.78, 5) is 12.0. The maximum absolute atomic E-state index is 12.0. The molecule has 0 radical (unpaired) electrons. The third-order valence-electron chi connectivity index (χ3n) is 2.64. The van der Waals surface area contributed by atoms with Gasteiger partial charge in [0.05, 0.1) is 7.11 Å². The number of hydrogen-bond acceptors (Lipinski definition) is 3. The highest BCUT2D eigenvalue weighted by Crippen LogP contribution is 2.17. The summed E-state index contributed by atoms with van der Waals surface area (Å²) in [5.41, 5.74) is 1.76. The number of hydrogen-bond donors (Lipinski definition) is 1. The van der Waals surface area contributed by atoms with Crippen LogP contribution in [0.2, 0.25) is 0 Å². The fraction of sp³-hybridized carbons (Fsp3) is 0.500. The van der Waals surface area contributed by atoms with Gasteiger partial charge in [0.25, 0.3) is 0 Å².